The van der Waals surface area contributed by atoms with Crippen LogP contribution >= 0.6 is 0 Å². The molecule has 0 fully saturated rings. The molecule has 0 radical (unpaired) electrons. The third-order valence-electron chi connectivity index (χ3n) is 6.64. The Bertz CT molecular complexity index is 1190. The number of anilines is 2. The van der Waals surface area contributed by atoms with E-state index in [1.54, 1.807) is 24.0 Å². The average Bonchev–Trinajstić information content (AvgIpc) is 3.32. The van der Waals surface area contributed by atoms with Gasteiger partial charge in [0.1, 0.15) is 35.9 Å². The predicted octanol–water partition coefficient (Wildman–Crippen LogP) is 3.37. The number of unbranched alkanes of at least 4 members (excludes halogenated alkanes) is 1. The van der Waals surface area contributed by atoms with E-state index in [9.17, 15) is 14.3 Å². The van der Waals surface area contributed by atoms with Crippen molar-refractivity contribution in [3.63, 3.8) is 0 Å². The summed E-state index contributed by atoms with van der Waals surface area (Å²) in [4.78, 5) is 22.7. The van der Waals surface area contributed by atoms with Gasteiger partial charge in [0.25, 0.3) is 0 Å². The lowest BCUT2D eigenvalue weighted by Crippen LogP contribution is -2.37. The number of rotatable bonds is 15. The Morgan fingerprint density at radius 3 is 2.95 bits per heavy atom. The van der Waals surface area contributed by atoms with E-state index in [-0.39, 0.29) is 0 Å². The third-order valence-corrected chi connectivity index (χ3v) is 6.64. The lowest BCUT2D eigenvalue weighted by Gasteiger charge is -2.25. The Balaban J connectivity index is 1.29. The molecule has 0 spiro atoms. The number of halogens is 1. The molecule has 0 unspecified atom stereocenters. The quantitative estimate of drug-likeness (QED) is 0.257. The van der Waals surface area contributed by atoms with Gasteiger partial charge in [-0.2, -0.15) is 5.10 Å². The highest BCUT2D eigenvalue weighted by atomic mass is 19.1. The summed E-state index contributed by atoms with van der Waals surface area (Å²) in [5, 5.41) is 20.3. The minimum absolute atomic E-state index is 0.343. The van der Waals surface area contributed by atoms with Crippen LogP contribution in [-0.4, -0.2) is 74.6 Å². The first-order chi connectivity index (χ1) is 18.5. The van der Waals surface area contributed by atoms with Crippen LogP contribution in [0.3, 0.4) is 0 Å². The molecule has 10 nitrogen and oxygen atoms in total. The molecular formula is C27H36FN7O3. The Morgan fingerprint density at radius 2 is 2.16 bits per heavy atom. The van der Waals surface area contributed by atoms with Gasteiger partial charge >= 0.3 is 5.97 Å². The van der Waals surface area contributed by atoms with Crippen molar-refractivity contribution in [1.29, 1.82) is 0 Å². The molecule has 3 aromatic heterocycles. The second kappa shape index (κ2) is 13.7. The van der Waals surface area contributed by atoms with Gasteiger partial charge in [-0.15, -0.1) is 0 Å². The van der Waals surface area contributed by atoms with Gasteiger partial charge in [0.05, 0.1) is 18.6 Å². The summed E-state index contributed by atoms with van der Waals surface area (Å²) in [7, 11) is 1.76. The third kappa shape index (κ3) is 8.14. The van der Waals surface area contributed by atoms with Gasteiger partial charge in [-0.1, -0.05) is 6.07 Å². The minimum Gasteiger partial charge on any atom is -0.491 e. The molecule has 1 atom stereocenters. The summed E-state index contributed by atoms with van der Waals surface area (Å²) in [6, 6.07) is 6.59. The van der Waals surface area contributed by atoms with Crippen LogP contribution in [0.5, 0.6) is 5.75 Å². The van der Waals surface area contributed by atoms with E-state index >= 15 is 0 Å². The normalized spacial score (nSPS) is 13.6. The molecule has 1 aliphatic rings. The molecule has 4 rings (SSSR count). The van der Waals surface area contributed by atoms with Crippen LogP contribution in [0, 0.1) is 5.82 Å². The zero-order valence-corrected chi connectivity index (χ0v) is 21.8. The number of carboxylic acids is 1. The standard InChI is InChI=1S/C27H36FN7O3/c1-34-25(9-12-31-34)33-24(27(36)37)10-14-35(15-16-38-23-17-21(28)18-29-19-23)13-3-2-6-22-8-7-20-5-4-11-30-26(20)32-22/h7-9,12,17-19,24,33H,2-6,10-11,13-16H2,1H3,(H,30,32)(H,36,37)/t24-/m0/s1. The van der Waals surface area contributed by atoms with Gasteiger partial charge in [-0.25, -0.2) is 14.2 Å². The van der Waals surface area contributed by atoms with Gasteiger partial charge in [-0.05, 0) is 56.7 Å². The second-order valence-electron chi connectivity index (χ2n) is 9.49. The Hall–Kier alpha value is -3.73. The maximum Gasteiger partial charge on any atom is 0.326 e. The van der Waals surface area contributed by atoms with Crippen LogP contribution in [0.25, 0.3) is 0 Å². The fourth-order valence-electron chi connectivity index (χ4n) is 4.51. The summed E-state index contributed by atoms with van der Waals surface area (Å²) in [6.45, 7) is 3.24. The van der Waals surface area contributed by atoms with Crippen molar-refractivity contribution in [2.45, 2.75) is 44.6 Å². The summed E-state index contributed by atoms with van der Waals surface area (Å²) >= 11 is 0. The molecule has 38 heavy (non-hydrogen) atoms. The first kappa shape index (κ1) is 27.3. The molecule has 11 heteroatoms. The monoisotopic (exact) mass is 525 g/mol. The largest absolute Gasteiger partial charge is 0.491 e. The van der Waals surface area contributed by atoms with Crippen LogP contribution in [0.15, 0.2) is 42.9 Å². The van der Waals surface area contributed by atoms with Crippen molar-refractivity contribution in [3.05, 3.63) is 59.9 Å². The van der Waals surface area contributed by atoms with Crippen molar-refractivity contribution >= 4 is 17.6 Å². The highest BCUT2D eigenvalue weighted by molar-refractivity contribution is 5.76. The highest BCUT2D eigenvalue weighted by Crippen LogP contribution is 2.20. The minimum atomic E-state index is -0.916. The predicted molar refractivity (Wildman–Crippen MR) is 143 cm³/mol. The fourth-order valence-corrected chi connectivity index (χ4v) is 4.51. The van der Waals surface area contributed by atoms with Crippen molar-refractivity contribution in [3.8, 4) is 5.75 Å². The topological polar surface area (TPSA) is 117 Å². The first-order valence-corrected chi connectivity index (χ1v) is 13.1. The van der Waals surface area contributed by atoms with Crippen LogP contribution in [0.4, 0.5) is 16.0 Å². The van der Waals surface area contributed by atoms with E-state index < -0.39 is 17.8 Å². The first-order valence-electron chi connectivity index (χ1n) is 13.1. The molecule has 0 saturated heterocycles. The number of hydrogen-bond donors (Lipinski definition) is 3. The number of aromatic nitrogens is 4. The molecule has 0 amide bonds. The van der Waals surface area contributed by atoms with Crippen LogP contribution < -0.4 is 15.4 Å². The van der Waals surface area contributed by atoms with Gasteiger partial charge in [-0.3, -0.25) is 14.6 Å². The molecule has 0 aliphatic carbocycles. The molecule has 3 aromatic rings. The van der Waals surface area contributed by atoms with E-state index in [2.05, 4.69) is 37.7 Å². The zero-order chi connectivity index (χ0) is 26.7. The molecule has 0 bridgehead atoms. The van der Waals surface area contributed by atoms with Gasteiger partial charge in [0.15, 0.2) is 0 Å². The van der Waals surface area contributed by atoms with Gasteiger partial charge in [0.2, 0.25) is 0 Å². The number of carbonyl (C=O) groups is 1. The van der Waals surface area contributed by atoms with E-state index in [0.29, 0.717) is 37.7 Å². The Labute approximate surface area is 222 Å². The molecule has 1 aliphatic heterocycles. The molecule has 0 aromatic carbocycles. The number of aryl methyl sites for hydroxylation is 3. The summed E-state index contributed by atoms with van der Waals surface area (Å²) in [5.74, 6) is 0.674. The smallest absolute Gasteiger partial charge is 0.326 e. The number of aliphatic carboxylic acids is 1. The van der Waals surface area contributed by atoms with Gasteiger partial charge in [0, 0.05) is 44.5 Å². The zero-order valence-electron chi connectivity index (χ0n) is 21.8. The van der Waals surface area contributed by atoms with Crippen molar-refractivity contribution in [1.82, 2.24) is 24.6 Å². The Morgan fingerprint density at radius 1 is 1.26 bits per heavy atom. The number of pyridine rings is 2. The summed E-state index contributed by atoms with van der Waals surface area (Å²) in [6.07, 6.45) is 9.63. The number of hydrogen-bond acceptors (Lipinski definition) is 8. The maximum absolute atomic E-state index is 13.4. The lowest BCUT2D eigenvalue weighted by molar-refractivity contribution is -0.138. The van der Waals surface area contributed by atoms with Crippen LogP contribution in [0.1, 0.15) is 36.9 Å². The SMILES string of the molecule is Cn1nccc1N[C@@H](CCN(CCCCc1ccc2c(n1)NCCC2)CCOc1cncc(F)c1)C(=O)O. The molecule has 4 heterocycles. The van der Waals surface area contributed by atoms with Crippen molar-refractivity contribution < 1.29 is 19.0 Å². The number of nitrogens with one attached hydrogen (secondary N) is 2. The number of carboxylic acid groups (broad SMARTS) is 1. The maximum atomic E-state index is 13.4. The molecule has 0 saturated carbocycles. The Kier molecular flexibility index (Phi) is 9.85. The van der Waals surface area contributed by atoms with E-state index in [0.717, 1.165) is 62.9 Å². The number of fused-ring (bicyclic) bond motifs is 1. The van der Waals surface area contributed by atoms with Crippen molar-refractivity contribution in [2.75, 3.05) is 43.4 Å². The van der Waals surface area contributed by atoms with Crippen molar-refractivity contribution in [2.24, 2.45) is 7.05 Å². The van der Waals surface area contributed by atoms with Crippen LogP contribution in [-0.2, 0) is 24.7 Å². The number of ether oxygens (including phenoxy) is 1. The van der Waals surface area contributed by atoms with Gasteiger partial charge < -0.3 is 20.5 Å². The molecule has 204 valence electrons. The number of nitrogens with zero attached hydrogens (tertiary/aromatic N) is 5. The summed E-state index contributed by atoms with van der Waals surface area (Å²) in [5.41, 5.74) is 2.37. The highest BCUT2D eigenvalue weighted by Gasteiger charge is 2.20. The summed E-state index contributed by atoms with van der Waals surface area (Å²) < 4.78 is 20.7. The van der Waals surface area contributed by atoms with E-state index in [1.807, 2.05) is 0 Å². The fraction of sp³-hybridized carbons (Fsp3) is 0.481. The van der Waals surface area contributed by atoms with E-state index in [1.165, 1.54) is 17.8 Å². The lowest BCUT2D eigenvalue weighted by atomic mass is 10.1. The second-order valence-corrected chi connectivity index (χ2v) is 9.49. The molecule has 3 N–H and O–H groups in total. The van der Waals surface area contributed by atoms with E-state index in [4.69, 9.17) is 9.72 Å². The molecular weight excluding hydrogens is 489 g/mol. The van der Waals surface area contributed by atoms with Crippen LogP contribution in [0.2, 0.25) is 0 Å². The average molecular weight is 526 g/mol.